The van der Waals surface area contributed by atoms with Crippen LogP contribution in [0.15, 0.2) is 0 Å². The zero-order valence-electron chi connectivity index (χ0n) is 4.46. The average molecular weight is 184 g/mol. The first kappa shape index (κ1) is 22.6. The van der Waals surface area contributed by atoms with Crippen molar-refractivity contribution in [3.63, 3.8) is 0 Å². The van der Waals surface area contributed by atoms with Gasteiger partial charge in [0.2, 0.25) is 0 Å². The molecule has 0 bridgehead atoms. The van der Waals surface area contributed by atoms with E-state index in [4.69, 9.17) is 30.6 Å². The van der Waals surface area contributed by atoms with Crippen molar-refractivity contribution in [2.75, 3.05) is 0 Å². The van der Waals surface area contributed by atoms with Crippen LogP contribution in [0.3, 0.4) is 0 Å². The van der Waals surface area contributed by atoms with Crippen molar-refractivity contribution in [3.05, 3.63) is 30.6 Å². The Morgan fingerprint density at radius 1 is 0.800 bits per heavy atom. The Kier molecular flexibility index (Phi) is 35.9. The van der Waals surface area contributed by atoms with Gasteiger partial charge in [-0.25, -0.2) is 0 Å². The van der Waals surface area contributed by atoms with E-state index >= 15 is 0 Å². The predicted molar refractivity (Wildman–Crippen MR) is 29.0 cm³/mol. The van der Waals surface area contributed by atoms with Gasteiger partial charge in [0.05, 0.1) is 10.2 Å². The van der Waals surface area contributed by atoms with Crippen LogP contribution in [0.2, 0.25) is 0 Å². The van der Waals surface area contributed by atoms with E-state index in [0.29, 0.717) is 0 Å². The molecule has 56 valence electrons. The molecule has 0 amide bonds. The van der Waals surface area contributed by atoms with E-state index in [1.54, 1.807) is 0 Å². The van der Waals surface area contributed by atoms with E-state index in [1.807, 2.05) is 0 Å². The van der Waals surface area contributed by atoms with Gasteiger partial charge in [0, 0.05) is 0 Å². The van der Waals surface area contributed by atoms with Gasteiger partial charge in [-0.1, -0.05) is 0 Å². The molecule has 0 aromatic heterocycles. The van der Waals surface area contributed by atoms with Crippen molar-refractivity contribution in [2.24, 2.45) is 0 Å². The molecule has 0 aromatic rings. The van der Waals surface area contributed by atoms with Crippen molar-refractivity contribution in [1.29, 1.82) is 0 Å². The fraction of sp³-hybridized carbons (Fsp3) is 0. The van der Waals surface area contributed by atoms with Crippen LogP contribution in [-0.4, -0.2) is 47.9 Å². The Balaban J connectivity index is -0.0000000300. The fourth-order valence-electron chi connectivity index (χ4n) is 0. The van der Waals surface area contributed by atoms with Gasteiger partial charge in [0.1, 0.15) is 0 Å². The van der Waals surface area contributed by atoms with Gasteiger partial charge >= 0.3 is 37.7 Å². The second-order valence-corrected chi connectivity index (χ2v) is 0.447. The monoisotopic (exact) mass is 184 g/mol. The smallest absolute Gasteiger partial charge is 0.356 e. The molecule has 0 aliphatic carbocycles. The van der Waals surface area contributed by atoms with E-state index in [2.05, 4.69) is 0 Å². The van der Waals surface area contributed by atoms with Crippen molar-refractivity contribution < 1.29 is 14.9 Å². The molecule has 0 radical (unpaired) electrons. The standard InChI is InChI=1S/Ca.FH.2NO3/c;;2*2-1(3)4/h;1H;;/q+2;;2*-1. The van der Waals surface area contributed by atoms with Gasteiger partial charge in [0.25, 0.3) is 0 Å². The van der Waals surface area contributed by atoms with Crippen molar-refractivity contribution in [3.8, 4) is 0 Å². The quantitative estimate of drug-likeness (QED) is 0.277. The topological polar surface area (TPSA) is 132 Å². The Labute approximate surface area is 83.0 Å². The molecule has 8 nitrogen and oxygen atoms in total. The first-order chi connectivity index (χ1) is 3.46. The van der Waals surface area contributed by atoms with Gasteiger partial charge in [-0.05, 0) is 0 Å². The molecule has 0 aliphatic rings. The maximum Gasteiger partial charge on any atom is 2.00 e. The molecule has 0 aromatic carbocycles. The van der Waals surface area contributed by atoms with E-state index in [9.17, 15) is 0 Å². The Hall–Kier alpha value is -0.410. The number of halogens is 1. The Bertz CT molecular complexity index is 73.7. The van der Waals surface area contributed by atoms with Crippen molar-refractivity contribution >= 4 is 37.7 Å². The van der Waals surface area contributed by atoms with E-state index in [-0.39, 0.29) is 42.4 Å². The molecule has 0 heterocycles. The molecular weight excluding hydrogens is 183 g/mol. The molecule has 0 saturated heterocycles. The van der Waals surface area contributed by atoms with Gasteiger partial charge in [-0.3, -0.25) is 4.70 Å². The summed E-state index contributed by atoms with van der Waals surface area (Å²) < 4.78 is 0. The van der Waals surface area contributed by atoms with Crippen LogP contribution in [0.25, 0.3) is 0 Å². The van der Waals surface area contributed by atoms with Gasteiger partial charge in [0.15, 0.2) is 0 Å². The van der Waals surface area contributed by atoms with Crippen LogP contribution in [-0.2, 0) is 0 Å². The number of nitrogens with zero attached hydrogens (tertiary/aromatic N) is 2. The molecule has 0 rings (SSSR count). The van der Waals surface area contributed by atoms with Crippen LogP contribution in [0.5, 0.6) is 0 Å². The summed E-state index contributed by atoms with van der Waals surface area (Å²) in [5.74, 6) is 0. The summed E-state index contributed by atoms with van der Waals surface area (Å²) in [6, 6.07) is 0. The SMILES string of the molecule is F.O=[N+]([O-])[O-].O=[N+]([O-])[O-].[Ca+2]. The van der Waals surface area contributed by atoms with Gasteiger partial charge in [-0.2, -0.15) is 0 Å². The molecule has 0 spiro atoms. The summed E-state index contributed by atoms with van der Waals surface area (Å²) in [6.45, 7) is 0. The molecule has 0 aliphatic heterocycles. The minimum absolute atomic E-state index is 0. The maximum atomic E-state index is 8.25. The van der Waals surface area contributed by atoms with Crippen LogP contribution in [0.4, 0.5) is 4.70 Å². The largest absolute Gasteiger partial charge is 2.00 e. The minimum atomic E-state index is -1.75. The fourth-order valence-corrected chi connectivity index (χ4v) is 0. The van der Waals surface area contributed by atoms with E-state index < -0.39 is 10.2 Å². The first-order valence-corrected chi connectivity index (χ1v) is 1.10. The third-order valence-electron chi connectivity index (χ3n) is 0. The van der Waals surface area contributed by atoms with Gasteiger partial charge in [-0.15, -0.1) is 0 Å². The summed E-state index contributed by atoms with van der Waals surface area (Å²) in [6.07, 6.45) is 0. The Morgan fingerprint density at radius 3 is 0.800 bits per heavy atom. The van der Waals surface area contributed by atoms with Gasteiger partial charge < -0.3 is 30.6 Å². The summed E-state index contributed by atoms with van der Waals surface area (Å²) in [5.41, 5.74) is 0. The molecule has 10 heteroatoms. The zero-order chi connectivity index (χ0) is 7.15. The minimum Gasteiger partial charge on any atom is -0.356 e. The maximum absolute atomic E-state index is 8.25. The van der Waals surface area contributed by atoms with Crippen molar-refractivity contribution in [1.82, 2.24) is 0 Å². The molecular formula is HCaFN2O6. The van der Waals surface area contributed by atoms with Crippen LogP contribution in [0.1, 0.15) is 0 Å². The Morgan fingerprint density at radius 2 is 0.800 bits per heavy atom. The summed E-state index contributed by atoms with van der Waals surface area (Å²) >= 11 is 0. The second-order valence-electron chi connectivity index (χ2n) is 0.447. The van der Waals surface area contributed by atoms with E-state index in [1.165, 1.54) is 0 Å². The zero-order valence-corrected chi connectivity index (χ0v) is 6.67. The van der Waals surface area contributed by atoms with Crippen LogP contribution in [0, 0.1) is 30.6 Å². The normalized spacial score (nSPS) is 4.80. The van der Waals surface area contributed by atoms with Crippen LogP contribution < -0.4 is 0 Å². The molecule has 10 heavy (non-hydrogen) atoms. The summed E-state index contributed by atoms with van der Waals surface area (Å²) in [5, 5.41) is 29.5. The average Bonchev–Trinajstić information content (AvgIpc) is 1.25. The predicted octanol–water partition coefficient (Wildman–Crippen LogP) is -0.707. The van der Waals surface area contributed by atoms with Crippen molar-refractivity contribution in [2.45, 2.75) is 0 Å². The molecule has 0 fully saturated rings. The molecule has 0 atom stereocenters. The second kappa shape index (κ2) is 15.8. The first-order valence-electron chi connectivity index (χ1n) is 1.10. The number of hydrogen-bond acceptors (Lipinski definition) is 6. The molecule has 0 N–H and O–H groups in total. The third-order valence-corrected chi connectivity index (χ3v) is 0. The molecule has 0 unspecified atom stereocenters. The molecule has 0 saturated carbocycles. The number of rotatable bonds is 0. The third kappa shape index (κ3) is 1960. The number of hydrogen-bond donors (Lipinski definition) is 0. The summed E-state index contributed by atoms with van der Waals surface area (Å²) in [4.78, 5) is 16.5. The van der Waals surface area contributed by atoms with E-state index in [0.717, 1.165) is 0 Å². The van der Waals surface area contributed by atoms with Crippen LogP contribution >= 0.6 is 0 Å². The summed E-state index contributed by atoms with van der Waals surface area (Å²) in [7, 11) is 0.